The summed E-state index contributed by atoms with van der Waals surface area (Å²) in [5.41, 5.74) is 0. The Hall–Kier alpha value is -1.43. The lowest BCUT2D eigenvalue weighted by Gasteiger charge is -1.97. The Kier molecular flexibility index (Phi) is 2.56. The first kappa shape index (κ1) is 7.67. The summed E-state index contributed by atoms with van der Waals surface area (Å²) in [7, 11) is 0. The van der Waals surface area contributed by atoms with E-state index in [1.54, 1.807) is 0 Å². The Morgan fingerprint density at radius 1 is 1.82 bits per heavy atom. The minimum absolute atomic E-state index is 0.342. The van der Waals surface area contributed by atoms with Crippen molar-refractivity contribution >= 4 is 22.6 Å². The molecule has 1 heterocycles. The van der Waals surface area contributed by atoms with Crippen LogP contribution in [0.3, 0.4) is 0 Å². The van der Waals surface area contributed by atoms with Crippen molar-refractivity contribution in [1.82, 2.24) is 14.9 Å². The molecule has 0 aromatic carbocycles. The number of amides is 2. The molecule has 5 nitrogen and oxygen atoms in total. The highest BCUT2D eigenvalue weighted by Crippen LogP contribution is 2.07. The summed E-state index contributed by atoms with van der Waals surface area (Å²) < 4.78 is 3.56. The number of anilines is 1. The Morgan fingerprint density at radius 3 is 3.18 bits per heavy atom. The predicted molar refractivity (Wildman–Crippen MR) is 42.3 cm³/mol. The van der Waals surface area contributed by atoms with Crippen molar-refractivity contribution in [1.29, 1.82) is 0 Å². The summed E-state index contributed by atoms with van der Waals surface area (Å²) in [6.45, 7) is 3.33. The largest absolute Gasteiger partial charge is 0.323 e. The Labute approximate surface area is 67.3 Å². The van der Waals surface area contributed by atoms with Crippen molar-refractivity contribution < 1.29 is 4.79 Å². The van der Waals surface area contributed by atoms with E-state index in [-0.39, 0.29) is 6.03 Å². The van der Waals surface area contributed by atoms with E-state index in [0.717, 1.165) is 11.5 Å². The van der Waals surface area contributed by atoms with Crippen LogP contribution in [0.1, 0.15) is 0 Å². The molecule has 0 aliphatic carbocycles. The molecule has 0 spiro atoms. The van der Waals surface area contributed by atoms with Gasteiger partial charge in [0.1, 0.15) is 5.00 Å². The third-order valence-electron chi connectivity index (χ3n) is 0.831. The molecule has 0 bridgehead atoms. The van der Waals surface area contributed by atoms with Gasteiger partial charge in [-0.05, 0) is 6.20 Å². The molecule has 0 aliphatic rings. The van der Waals surface area contributed by atoms with Gasteiger partial charge in [0.15, 0.2) is 0 Å². The average Bonchev–Trinajstić information content (AvgIpc) is 2.40. The van der Waals surface area contributed by atoms with Crippen LogP contribution in [0.25, 0.3) is 0 Å². The number of rotatable bonds is 2. The van der Waals surface area contributed by atoms with Gasteiger partial charge >= 0.3 is 6.03 Å². The maximum atomic E-state index is 10.8. The second kappa shape index (κ2) is 3.67. The van der Waals surface area contributed by atoms with Gasteiger partial charge in [-0.1, -0.05) is 11.1 Å². The highest BCUT2D eigenvalue weighted by molar-refractivity contribution is 7.10. The van der Waals surface area contributed by atoms with Crippen LogP contribution in [0.4, 0.5) is 9.80 Å². The molecule has 0 fully saturated rings. The zero-order chi connectivity index (χ0) is 8.10. The summed E-state index contributed by atoms with van der Waals surface area (Å²) >= 11 is 1.11. The maximum Gasteiger partial charge on any atom is 0.323 e. The van der Waals surface area contributed by atoms with Crippen LogP contribution in [0.2, 0.25) is 0 Å². The van der Waals surface area contributed by atoms with E-state index in [1.807, 2.05) is 0 Å². The number of urea groups is 1. The van der Waals surface area contributed by atoms with Crippen LogP contribution in [0.5, 0.6) is 0 Å². The summed E-state index contributed by atoms with van der Waals surface area (Å²) in [6, 6.07) is -0.342. The van der Waals surface area contributed by atoms with Crippen molar-refractivity contribution in [2.45, 2.75) is 0 Å². The molecule has 0 unspecified atom stereocenters. The standard InChI is InChI=1S/C5H6N4OS/c1-2-6-5(10)8-4-3-7-9-11-4/h2-3H,1H2,(H2,6,8,10). The van der Waals surface area contributed by atoms with Crippen molar-refractivity contribution in [3.05, 3.63) is 19.0 Å². The molecule has 0 atom stereocenters. The van der Waals surface area contributed by atoms with Gasteiger partial charge in [0.25, 0.3) is 0 Å². The monoisotopic (exact) mass is 170 g/mol. The molecular formula is C5H6N4OS. The number of aromatic nitrogens is 2. The van der Waals surface area contributed by atoms with Gasteiger partial charge < -0.3 is 5.32 Å². The van der Waals surface area contributed by atoms with E-state index in [9.17, 15) is 4.79 Å². The molecule has 0 saturated heterocycles. The number of carbonyl (C=O) groups is 1. The minimum Gasteiger partial charge on any atom is -0.315 e. The Bertz CT molecular complexity index is 245. The van der Waals surface area contributed by atoms with Crippen LogP contribution in [0, 0.1) is 0 Å². The summed E-state index contributed by atoms with van der Waals surface area (Å²) in [5.74, 6) is 0. The van der Waals surface area contributed by atoms with Crippen LogP contribution in [0.15, 0.2) is 19.0 Å². The van der Waals surface area contributed by atoms with Gasteiger partial charge in [0, 0.05) is 11.5 Å². The molecule has 1 aromatic rings. The average molecular weight is 170 g/mol. The number of hydrogen-bond acceptors (Lipinski definition) is 4. The predicted octanol–water partition coefficient (Wildman–Crippen LogP) is 0.803. The number of nitrogens with one attached hydrogen (secondary N) is 2. The highest BCUT2D eigenvalue weighted by Gasteiger charge is 1.99. The number of carbonyl (C=O) groups excluding carboxylic acids is 1. The van der Waals surface area contributed by atoms with Crippen molar-refractivity contribution in [2.24, 2.45) is 0 Å². The van der Waals surface area contributed by atoms with E-state index in [1.165, 1.54) is 12.4 Å². The van der Waals surface area contributed by atoms with Crippen LogP contribution in [-0.4, -0.2) is 15.6 Å². The Balaban J connectivity index is 2.43. The van der Waals surface area contributed by atoms with Crippen molar-refractivity contribution in [3.63, 3.8) is 0 Å². The van der Waals surface area contributed by atoms with Gasteiger partial charge in [-0.25, -0.2) is 4.79 Å². The molecule has 2 N–H and O–H groups in total. The zero-order valence-corrected chi connectivity index (χ0v) is 6.39. The molecule has 2 amide bonds. The molecule has 58 valence electrons. The second-order valence-corrected chi connectivity index (χ2v) is 2.37. The topological polar surface area (TPSA) is 66.9 Å². The lowest BCUT2D eigenvalue weighted by Crippen LogP contribution is -2.22. The fraction of sp³-hybridized carbons (Fsp3) is 0. The van der Waals surface area contributed by atoms with Crippen molar-refractivity contribution in [3.8, 4) is 0 Å². The lowest BCUT2D eigenvalue weighted by molar-refractivity contribution is 0.255. The molecule has 0 aliphatic heterocycles. The second-order valence-electron chi connectivity index (χ2n) is 1.58. The fourth-order valence-corrected chi connectivity index (χ4v) is 0.878. The summed E-state index contributed by atoms with van der Waals surface area (Å²) in [5, 5.41) is 8.98. The molecular weight excluding hydrogens is 164 g/mol. The van der Waals surface area contributed by atoms with E-state index < -0.39 is 0 Å². The van der Waals surface area contributed by atoms with Gasteiger partial charge in [0.05, 0.1) is 6.20 Å². The molecule has 11 heavy (non-hydrogen) atoms. The fourth-order valence-electron chi connectivity index (χ4n) is 0.463. The summed E-state index contributed by atoms with van der Waals surface area (Å²) in [4.78, 5) is 10.8. The quantitative estimate of drug-likeness (QED) is 0.690. The first-order valence-electron chi connectivity index (χ1n) is 2.78. The Morgan fingerprint density at radius 2 is 2.64 bits per heavy atom. The van der Waals surface area contributed by atoms with Gasteiger partial charge in [-0.15, -0.1) is 5.10 Å². The van der Waals surface area contributed by atoms with Crippen LogP contribution < -0.4 is 10.6 Å². The van der Waals surface area contributed by atoms with Crippen LogP contribution >= 0.6 is 11.5 Å². The number of hydrogen-bond donors (Lipinski definition) is 2. The SMILES string of the molecule is C=CNC(=O)Nc1cnns1. The van der Waals surface area contributed by atoms with Crippen molar-refractivity contribution in [2.75, 3.05) is 5.32 Å². The minimum atomic E-state index is -0.342. The zero-order valence-electron chi connectivity index (χ0n) is 5.57. The highest BCUT2D eigenvalue weighted by atomic mass is 32.1. The third kappa shape index (κ3) is 2.34. The smallest absolute Gasteiger partial charge is 0.315 e. The molecule has 0 saturated carbocycles. The maximum absolute atomic E-state index is 10.8. The molecule has 6 heteroatoms. The summed E-state index contributed by atoms with van der Waals surface area (Å²) in [6.07, 6.45) is 2.76. The van der Waals surface area contributed by atoms with Gasteiger partial charge in [-0.3, -0.25) is 5.32 Å². The van der Waals surface area contributed by atoms with E-state index in [4.69, 9.17) is 0 Å². The van der Waals surface area contributed by atoms with Gasteiger partial charge in [0.2, 0.25) is 0 Å². The number of nitrogens with zero attached hydrogens (tertiary/aromatic N) is 2. The molecule has 1 aromatic heterocycles. The van der Waals surface area contributed by atoms with E-state index >= 15 is 0 Å². The van der Waals surface area contributed by atoms with Gasteiger partial charge in [-0.2, -0.15) is 0 Å². The first-order chi connectivity index (χ1) is 5.33. The lowest BCUT2D eigenvalue weighted by atomic mass is 10.8. The third-order valence-corrected chi connectivity index (χ3v) is 1.41. The molecule has 1 rings (SSSR count). The first-order valence-corrected chi connectivity index (χ1v) is 3.56. The van der Waals surface area contributed by atoms with Crippen LogP contribution in [-0.2, 0) is 0 Å². The van der Waals surface area contributed by atoms with E-state index in [2.05, 4.69) is 26.8 Å². The molecule has 0 radical (unpaired) electrons. The normalized spacial score (nSPS) is 8.73. The van der Waals surface area contributed by atoms with E-state index in [0.29, 0.717) is 5.00 Å².